The second kappa shape index (κ2) is 10.3. The van der Waals surface area contributed by atoms with Crippen LogP contribution in [0.5, 0.6) is 5.75 Å². The predicted molar refractivity (Wildman–Crippen MR) is 119 cm³/mol. The van der Waals surface area contributed by atoms with E-state index in [2.05, 4.69) is 4.72 Å². The summed E-state index contributed by atoms with van der Waals surface area (Å²) in [5, 5.41) is 0. The standard InChI is InChI=1S/C21H33N3O6S/c1-7-20(25)24-11-14(2)19(29-5)12-23(4)21(26)17-9-8-16(22-31(6,27)28)10-18(17)30-13-15(24)3/h8-10,14-15,19,22H,7,11-13H2,1-6H3/t14-,15+,19+/m1/s1. The Hall–Kier alpha value is -2.33. The number of hydrogen-bond acceptors (Lipinski definition) is 6. The van der Waals surface area contributed by atoms with E-state index < -0.39 is 10.0 Å². The van der Waals surface area contributed by atoms with Crippen molar-refractivity contribution in [2.75, 3.05) is 44.8 Å². The molecule has 174 valence electrons. The van der Waals surface area contributed by atoms with Crippen molar-refractivity contribution < 1.29 is 27.5 Å². The summed E-state index contributed by atoms with van der Waals surface area (Å²) in [6.45, 7) is 6.67. The van der Waals surface area contributed by atoms with Gasteiger partial charge in [0.05, 0.1) is 29.7 Å². The number of likely N-dealkylation sites (N-methyl/N-ethyl adjacent to an activating group) is 1. The molecule has 31 heavy (non-hydrogen) atoms. The molecule has 2 amide bonds. The Morgan fingerprint density at radius 2 is 1.97 bits per heavy atom. The summed E-state index contributed by atoms with van der Waals surface area (Å²) >= 11 is 0. The fourth-order valence-electron chi connectivity index (χ4n) is 3.60. The monoisotopic (exact) mass is 455 g/mol. The molecule has 0 fully saturated rings. The lowest BCUT2D eigenvalue weighted by Crippen LogP contribution is -2.48. The predicted octanol–water partition coefficient (Wildman–Crippen LogP) is 1.80. The number of nitrogens with zero attached hydrogens (tertiary/aromatic N) is 2. The lowest BCUT2D eigenvalue weighted by molar-refractivity contribution is -0.135. The van der Waals surface area contributed by atoms with Crippen molar-refractivity contribution >= 4 is 27.5 Å². The molecule has 1 aromatic carbocycles. The summed E-state index contributed by atoms with van der Waals surface area (Å²) in [4.78, 5) is 29.0. The third kappa shape index (κ3) is 6.57. The molecule has 0 unspecified atom stereocenters. The number of fused-ring (bicyclic) bond motifs is 1. The molecule has 1 N–H and O–H groups in total. The average molecular weight is 456 g/mol. The van der Waals surface area contributed by atoms with Crippen molar-refractivity contribution in [3.8, 4) is 5.75 Å². The summed E-state index contributed by atoms with van der Waals surface area (Å²) < 4.78 is 37.2. The van der Waals surface area contributed by atoms with Gasteiger partial charge in [0.1, 0.15) is 12.4 Å². The molecule has 0 saturated heterocycles. The second-order valence-electron chi connectivity index (χ2n) is 8.08. The van der Waals surface area contributed by atoms with Crippen molar-refractivity contribution in [3.63, 3.8) is 0 Å². The Morgan fingerprint density at radius 3 is 2.55 bits per heavy atom. The van der Waals surface area contributed by atoms with Gasteiger partial charge < -0.3 is 19.3 Å². The zero-order valence-corrected chi connectivity index (χ0v) is 19.9. The third-order valence-electron chi connectivity index (χ3n) is 5.37. The summed E-state index contributed by atoms with van der Waals surface area (Å²) in [5.41, 5.74) is 0.603. The highest BCUT2D eigenvalue weighted by atomic mass is 32.2. The molecule has 0 aliphatic carbocycles. The van der Waals surface area contributed by atoms with Crippen molar-refractivity contribution in [3.05, 3.63) is 23.8 Å². The number of hydrogen-bond donors (Lipinski definition) is 1. The van der Waals surface area contributed by atoms with Crippen LogP contribution in [0.15, 0.2) is 18.2 Å². The summed E-state index contributed by atoms with van der Waals surface area (Å²) in [6, 6.07) is 4.30. The topological polar surface area (TPSA) is 105 Å². The largest absolute Gasteiger partial charge is 0.491 e. The maximum atomic E-state index is 13.1. The molecule has 2 rings (SSSR count). The highest BCUT2D eigenvalue weighted by Gasteiger charge is 2.29. The Balaban J connectivity index is 2.48. The van der Waals surface area contributed by atoms with Crippen LogP contribution in [0.25, 0.3) is 0 Å². The van der Waals surface area contributed by atoms with E-state index in [0.29, 0.717) is 30.8 Å². The SMILES string of the molecule is CCC(=O)N1C[C@@H](C)[C@@H](OC)CN(C)C(=O)c2ccc(NS(C)(=O)=O)cc2OC[C@@H]1C. The summed E-state index contributed by atoms with van der Waals surface area (Å²) in [6.07, 6.45) is 1.16. The van der Waals surface area contributed by atoms with Crippen molar-refractivity contribution in [2.24, 2.45) is 5.92 Å². The molecule has 9 nitrogen and oxygen atoms in total. The maximum absolute atomic E-state index is 13.1. The van der Waals surface area contributed by atoms with Crippen LogP contribution in [-0.4, -0.2) is 82.3 Å². The Kier molecular flexibility index (Phi) is 8.30. The number of ether oxygens (including phenoxy) is 2. The first-order valence-electron chi connectivity index (χ1n) is 10.3. The maximum Gasteiger partial charge on any atom is 0.257 e. The Bertz CT molecular complexity index is 904. The highest BCUT2D eigenvalue weighted by Crippen LogP contribution is 2.27. The number of anilines is 1. The van der Waals surface area contributed by atoms with E-state index in [4.69, 9.17) is 9.47 Å². The quantitative estimate of drug-likeness (QED) is 0.742. The Morgan fingerprint density at radius 1 is 1.29 bits per heavy atom. The minimum atomic E-state index is -3.49. The molecule has 1 aliphatic rings. The van der Waals surface area contributed by atoms with Crippen LogP contribution in [-0.2, 0) is 19.6 Å². The first-order valence-corrected chi connectivity index (χ1v) is 12.2. The molecule has 0 radical (unpaired) electrons. The number of rotatable bonds is 4. The van der Waals surface area contributed by atoms with E-state index in [1.807, 2.05) is 20.8 Å². The van der Waals surface area contributed by atoms with E-state index in [0.717, 1.165) is 6.26 Å². The molecule has 10 heteroatoms. The Labute approximate surface area is 184 Å². The lowest BCUT2D eigenvalue weighted by atomic mass is 10.0. The fourth-order valence-corrected chi connectivity index (χ4v) is 4.16. The molecule has 0 bridgehead atoms. The summed E-state index contributed by atoms with van der Waals surface area (Å²) in [7, 11) is -0.214. The molecule has 1 heterocycles. The molecule has 0 saturated carbocycles. The number of sulfonamides is 1. The van der Waals surface area contributed by atoms with Crippen molar-refractivity contribution in [1.29, 1.82) is 0 Å². The lowest BCUT2D eigenvalue weighted by Gasteiger charge is -2.36. The first-order chi connectivity index (χ1) is 14.5. The molecule has 1 aliphatic heterocycles. The molecular weight excluding hydrogens is 422 g/mol. The van der Waals surface area contributed by atoms with Crippen LogP contribution in [0.1, 0.15) is 37.6 Å². The van der Waals surface area contributed by atoms with Gasteiger partial charge in [0, 0.05) is 45.7 Å². The normalized spacial score (nSPS) is 23.3. The van der Waals surface area contributed by atoms with Crippen molar-refractivity contribution in [2.45, 2.75) is 39.3 Å². The molecule has 3 atom stereocenters. The van der Waals surface area contributed by atoms with Crippen molar-refractivity contribution in [1.82, 2.24) is 9.80 Å². The first kappa shape index (κ1) is 24.9. The molecule has 0 aromatic heterocycles. The second-order valence-corrected chi connectivity index (χ2v) is 9.83. The van der Waals surface area contributed by atoms with Gasteiger partial charge >= 0.3 is 0 Å². The molecule has 1 aromatic rings. The van der Waals surface area contributed by atoms with Gasteiger partial charge in [-0.25, -0.2) is 8.42 Å². The van der Waals surface area contributed by atoms with Crippen LogP contribution in [0.4, 0.5) is 5.69 Å². The van der Waals surface area contributed by atoms with Crippen LogP contribution in [0, 0.1) is 5.92 Å². The third-order valence-corrected chi connectivity index (χ3v) is 5.98. The van der Waals surface area contributed by atoms with Gasteiger partial charge in [0.2, 0.25) is 15.9 Å². The van der Waals surface area contributed by atoms with E-state index in [1.54, 1.807) is 24.0 Å². The van der Waals surface area contributed by atoms with Gasteiger partial charge in [-0.05, 0) is 19.1 Å². The zero-order valence-electron chi connectivity index (χ0n) is 19.0. The fraction of sp³-hybridized carbons (Fsp3) is 0.619. The number of benzene rings is 1. The number of carbonyl (C=O) groups excluding carboxylic acids is 2. The minimum Gasteiger partial charge on any atom is -0.491 e. The van der Waals surface area contributed by atoms with Crippen LogP contribution in [0.3, 0.4) is 0 Å². The number of amides is 2. The van der Waals surface area contributed by atoms with E-state index >= 15 is 0 Å². The average Bonchev–Trinajstić information content (AvgIpc) is 2.70. The van der Waals surface area contributed by atoms with Gasteiger partial charge in [-0.3, -0.25) is 14.3 Å². The van der Waals surface area contributed by atoms with Gasteiger partial charge in [-0.1, -0.05) is 13.8 Å². The van der Waals surface area contributed by atoms with Crippen LogP contribution in [0.2, 0.25) is 0 Å². The number of nitrogens with one attached hydrogen (secondary N) is 1. The summed E-state index contributed by atoms with van der Waals surface area (Å²) in [5.74, 6) is -0.000784. The molecular formula is C21H33N3O6S. The van der Waals surface area contributed by atoms with E-state index in [9.17, 15) is 18.0 Å². The minimum absolute atomic E-state index is 0.00145. The van der Waals surface area contributed by atoms with Gasteiger partial charge in [0.15, 0.2) is 0 Å². The number of carbonyl (C=O) groups is 2. The smallest absolute Gasteiger partial charge is 0.257 e. The van der Waals surface area contributed by atoms with E-state index in [1.165, 1.54) is 18.2 Å². The highest BCUT2D eigenvalue weighted by molar-refractivity contribution is 7.92. The van der Waals surface area contributed by atoms with Gasteiger partial charge in [0.25, 0.3) is 5.91 Å². The van der Waals surface area contributed by atoms with Crippen LogP contribution >= 0.6 is 0 Å². The van der Waals surface area contributed by atoms with Gasteiger partial charge in [-0.15, -0.1) is 0 Å². The number of methoxy groups -OCH3 is 1. The van der Waals surface area contributed by atoms with Crippen LogP contribution < -0.4 is 9.46 Å². The van der Waals surface area contributed by atoms with E-state index in [-0.39, 0.29) is 42.2 Å². The van der Waals surface area contributed by atoms with Gasteiger partial charge in [-0.2, -0.15) is 0 Å². The zero-order chi connectivity index (χ0) is 23.3. The molecule has 0 spiro atoms.